The first-order valence-electron chi connectivity index (χ1n) is 4.30. The molecule has 0 amide bonds. The molecule has 0 saturated heterocycles. The van der Waals surface area contributed by atoms with Crippen molar-refractivity contribution in [2.24, 2.45) is 17.1 Å². The molecule has 0 aliphatic heterocycles. The second-order valence-corrected chi connectivity index (χ2v) is 6.18. The third-order valence-electron chi connectivity index (χ3n) is 2.70. The Morgan fingerprint density at radius 1 is 1.62 bits per heavy atom. The Morgan fingerprint density at radius 3 is 2.62 bits per heavy atom. The highest BCUT2D eigenvalue weighted by Crippen LogP contribution is 2.52. The lowest BCUT2D eigenvalue weighted by molar-refractivity contribution is 0.138. The van der Waals surface area contributed by atoms with Crippen molar-refractivity contribution >= 4 is 9.84 Å². The van der Waals surface area contributed by atoms with Crippen molar-refractivity contribution in [1.82, 2.24) is 0 Å². The van der Waals surface area contributed by atoms with Crippen LogP contribution in [0.4, 0.5) is 0 Å². The zero-order chi connectivity index (χ0) is 10.1. The van der Waals surface area contributed by atoms with Crippen molar-refractivity contribution in [3.63, 3.8) is 0 Å². The summed E-state index contributed by atoms with van der Waals surface area (Å²) in [6.45, 7) is 1.09. The van der Waals surface area contributed by atoms with E-state index in [2.05, 4.69) is 0 Å². The SMILES string of the molecule is COC[C@@]1(CN)C[C@H]1CS(C)(=O)=O. The molecular weight excluding hydrogens is 190 g/mol. The summed E-state index contributed by atoms with van der Waals surface area (Å²) < 4.78 is 27.0. The molecule has 0 radical (unpaired) electrons. The highest BCUT2D eigenvalue weighted by molar-refractivity contribution is 7.90. The van der Waals surface area contributed by atoms with Crippen LogP contribution >= 0.6 is 0 Å². The molecule has 4 nitrogen and oxygen atoms in total. The van der Waals surface area contributed by atoms with Crippen LogP contribution in [-0.4, -0.2) is 40.7 Å². The van der Waals surface area contributed by atoms with Crippen LogP contribution in [0.5, 0.6) is 0 Å². The van der Waals surface area contributed by atoms with E-state index in [1.54, 1.807) is 7.11 Å². The van der Waals surface area contributed by atoms with E-state index in [1.165, 1.54) is 6.26 Å². The Hall–Kier alpha value is -0.130. The molecule has 1 aliphatic rings. The molecule has 5 heteroatoms. The van der Waals surface area contributed by atoms with Gasteiger partial charge in [0.1, 0.15) is 9.84 Å². The normalized spacial score (nSPS) is 33.3. The molecule has 1 rings (SSSR count). The Balaban J connectivity index is 2.51. The monoisotopic (exact) mass is 207 g/mol. The summed E-state index contributed by atoms with van der Waals surface area (Å²) in [5.41, 5.74) is 5.53. The first-order valence-corrected chi connectivity index (χ1v) is 6.36. The van der Waals surface area contributed by atoms with Crippen LogP contribution in [-0.2, 0) is 14.6 Å². The minimum Gasteiger partial charge on any atom is -0.384 e. The summed E-state index contributed by atoms with van der Waals surface area (Å²) in [6, 6.07) is 0. The molecule has 0 heterocycles. The summed E-state index contributed by atoms with van der Waals surface area (Å²) in [5.74, 6) is 0.445. The van der Waals surface area contributed by atoms with Gasteiger partial charge in [0.15, 0.2) is 0 Å². The van der Waals surface area contributed by atoms with Gasteiger partial charge >= 0.3 is 0 Å². The van der Waals surface area contributed by atoms with E-state index >= 15 is 0 Å². The van der Waals surface area contributed by atoms with Crippen molar-refractivity contribution in [2.45, 2.75) is 6.42 Å². The van der Waals surface area contributed by atoms with Crippen molar-refractivity contribution in [3.8, 4) is 0 Å². The average molecular weight is 207 g/mol. The highest BCUT2D eigenvalue weighted by atomic mass is 32.2. The van der Waals surface area contributed by atoms with Gasteiger partial charge in [-0.05, 0) is 12.3 Å². The number of hydrogen-bond donors (Lipinski definition) is 1. The summed E-state index contributed by atoms with van der Waals surface area (Å²) in [6.07, 6.45) is 2.14. The van der Waals surface area contributed by atoms with Gasteiger partial charge in [-0.15, -0.1) is 0 Å². The van der Waals surface area contributed by atoms with Crippen molar-refractivity contribution < 1.29 is 13.2 Å². The first kappa shape index (κ1) is 10.9. The molecule has 0 spiro atoms. The molecular formula is C8H17NO3S. The molecule has 0 aromatic rings. The lowest BCUT2D eigenvalue weighted by Gasteiger charge is -2.12. The van der Waals surface area contributed by atoms with E-state index in [0.717, 1.165) is 6.42 Å². The largest absolute Gasteiger partial charge is 0.384 e. The lowest BCUT2D eigenvalue weighted by atomic mass is 10.1. The Labute approximate surface area is 79.4 Å². The number of ether oxygens (including phenoxy) is 1. The summed E-state index contributed by atoms with van der Waals surface area (Å²) >= 11 is 0. The molecule has 78 valence electrons. The predicted molar refractivity (Wildman–Crippen MR) is 51.2 cm³/mol. The van der Waals surface area contributed by atoms with Gasteiger partial charge in [-0.3, -0.25) is 0 Å². The molecule has 2 N–H and O–H groups in total. The number of rotatable bonds is 5. The van der Waals surface area contributed by atoms with Gasteiger partial charge in [0, 0.05) is 25.3 Å². The zero-order valence-electron chi connectivity index (χ0n) is 8.12. The maximum atomic E-state index is 11.0. The maximum absolute atomic E-state index is 11.0. The summed E-state index contributed by atoms with van der Waals surface area (Å²) in [4.78, 5) is 0. The first-order chi connectivity index (χ1) is 5.93. The second kappa shape index (κ2) is 3.55. The van der Waals surface area contributed by atoms with Gasteiger partial charge in [-0.2, -0.15) is 0 Å². The fourth-order valence-corrected chi connectivity index (χ4v) is 3.01. The van der Waals surface area contributed by atoms with Crippen molar-refractivity contribution in [3.05, 3.63) is 0 Å². The van der Waals surface area contributed by atoms with E-state index < -0.39 is 9.84 Å². The molecule has 0 unspecified atom stereocenters. The smallest absolute Gasteiger partial charge is 0.147 e. The number of hydrogen-bond acceptors (Lipinski definition) is 4. The van der Waals surface area contributed by atoms with Crippen LogP contribution in [0.15, 0.2) is 0 Å². The van der Waals surface area contributed by atoms with Crippen LogP contribution < -0.4 is 5.73 Å². The fourth-order valence-electron chi connectivity index (χ4n) is 1.81. The van der Waals surface area contributed by atoms with Crippen LogP contribution in [0.2, 0.25) is 0 Å². The number of sulfone groups is 1. The minimum atomic E-state index is -2.87. The molecule has 1 aliphatic carbocycles. The Bertz CT molecular complexity index is 275. The van der Waals surface area contributed by atoms with E-state index in [9.17, 15) is 8.42 Å². The Kier molecular flexibility index (Phi) is 2.99. The van der Waals surface area contributed by atoms with E-state index in [4.69, 9.17) is 10.5 Å². The van der Waals surface area contributed by atoms with Crippen molar-refractivity contribution in [1.29, 1.82) is 0 Å². The van der Waals surface area contributed by atoms with Crippen molar-refractivity contribution in [2.75, 3.05) is 32.3 Å². The predicted octanol–water partition coefficient (Wildman–Crippen LogP) is -0.358. The van der Waals surface area contributed by atoms with E-state index in [0.29, 0.717) is 13.2 Å². The standard InChI is InChI=1S/C8H17NO3S/c1-12-6-8(5-9)3-7(8)4-13(2,10)11/h7H,3-6,9H2,1-2H3/t7-,8-/m0/s1. The third-order valence-corrected chi connectivity index (χ3v) is 3.71. The molecule has 0 aromatic carbocycles. The maximum Gasteiger partial charge on any atom is 0.147 e. The number of methoxy groups -OCH3 is 1. The van der Waals surface area contributed by atoms with Gasteiger partial charge < -0.3 is 10.5 Å². The third kappa shape index (κ3) is 2.65. The minimum absolute atomic E-state index is 0.0577. The summed E-state index contributed by atoms with van der Waals surface area (Å²) in [5, 5.41) is 0. The number of nitrogens with two attached hydrogens (primary N) is 1. The van der Waals surface area contributed by atoms with Crippen LogP contribution in [0.1, 0.15) is 6.42 Å². The van der Waals surface area contributed by atoms with Gasteiger partial charge in [0.25, 0.3) is 0 Å². The zero-order valence-corrected chi connectivity index (χ0v) is 8.93. The topological polar surface area (TPSA) is 69.4 Å². The Morgan fingerprint density at radius 2 is 2.23 bits per heavy atom. The average Bonchev–Trinajstić information content (AvgIpc) is 2.61. The highest BCUT2D eigenvalue weighted by Gasteiger charge is 2.53. The molecule has 1 saturated carbocycles. The van der Waals surface area contributed by atoms with Gasteiger partial charge in [-0.1, -0.05) is 0 Å². The molecule has 2 atom stereocenters. The van der Waals surface area contributed by atoms with Crippen LogP contribution in [0, 0.1) is 11.3 Å². The van der Waals surface area contributed by atoms with Gasteiger partial charge in [0.2, 0.25) is 0 Å². The van der Waals surface area contributed by atoms with Crippen LogP contribution in [0.3, 0.4) is 0 Å². The molecule has 13 heavy (non-hydrogen) atoms. The van der Waals surface area contributed by atoms with Gasteiger partial charge in [0.05, 0.1) is 12.4 Å². The molecule has 1 fully saturated rings. The van der Waals surface area contributed by atoms with E-state index in [1.807, 2.05) is 0 Å². The quantitative estimate of drug-likeness (QED) is 0.668. The van der Waals surface area contributed by atoms with Crippen LogP contribution in [0.25, 0.3) is 0 Å². The van der Waals surface area contributed by atoms with Gasteiger partial charge in [-0.25, -0.2) is 8.42 Å². The molecule has 0 bridgehead atoms. The fraction of sp³-hybridized carbons (Fsp3) is 1.00. The summed E-state index contributed by atoms with van der Waals surface area (Å²) in [7, 11) is -1.25. The second-order valence-electron chi connectivity index (χ2n) is 3.99. The lowest BCUT2D eigenvalue weighted by Crippen LogP contribution is -2.25. The van der Waals surface area contributed by atoms with E-state index in [-0.39, 0.29) is 17.1 Å². The molecule has 0 aromatic heterocycles.